The molecule has 3 rings (SSSR count). The van der Waals surface area contributed by atoms with Gasteiger partial charge < -0.3 is 9.47 Å². The highest BCUT2D eigenvalue weighted by Crippen LogP contribution is 2.31. The molecule has 2 heterocycles. The number of hydrogen-bond donors (Lipinski definition) is 0. The summed E-state index contributed by atoms with van der Waals surface area (Å²) in [6.45, 7) is 9.35. The number of benzene rings is 1. The summed E-state index contributed by atoms with van der Waals surface area (Å²) >= 11 is 1.59. The largest absolute Gasteiger partial charge is 0.336 e. The topological polar surface area (TPSA) is 38.1 Å². The number of rotatable bonds is 4. The van der Waals surface area contributed by atoms with E-state index in [0.29, 0.717) is 12.1 Å². The Hall–Kier alpha value is -1.49. The lowest BCUT2D eigenvalue weighted by Crippen LogP contribution is -2.50. The Kier molecular flexibility index (Phi) is 5.18. The third-order valence-electron chi connectivity index (χ3n) is 5.01. The molecule has 0 aliphatic carbocycles. The predicted octanol–water partition coefficient (Wildman–Crippen LogP) is 4.33. The maximum atomic E-state index is 13.0. The fourth-order valence-electron chi connectivity index (χ4n) is 3.72. The molecule has 1 amide bonds. The van der Waals surface area contributed by atoms with Crippen LogP contribution in [0.5, 0.6) is 0 Å². The van der Waals surface area contributed by atoms with Crippen LogP contribution in [0.25, 0.3) is 11.0 Å². The SMILES string of the molecule is CCn1c(S[C@H](C)C(=O)N2[C@H](C)CCC[C@H]2C)nc2ccccc21. The summed E-state index contributed by atoms with van der Waals surface area (Å²) in [5, 5.41) is 0.826. The standard InChI is InChI=1S/C19H27N3OS/c1-5-21-17-12-7-6-11-16(17)20-19(21)24-15(4)18(23)22-13(2)9-8-10-14(22)3/h6-7,11-15H,5,8-10H2,1-4H3/t13-,14-,15-/m1/s1. The van der Waals surface area contributed by atoms with E-state index in [-0.39, 0.29) is 11.2 Å². The van der Waals surface area contributed by atoms with Gasteiger partial charge in [0, 0.05) is 18.6 Å². The minimum Gasteiger partial charge on any atom is -0.336 e. The van der Waals surface area contributed by atoms with Gasteiger partial charge in [-0.25, -0.2) is 4.98 Å². The lowest BCUT2D eigenvalue weighted by Gasteiger charge is -2.40. The van der Waals surface area contributed by atoms with Gasteiger partial charge in [-0.05, 0) is 59.1 Å². The number of likely N-dealkylation sites (tertiary alicyclic amines) is 1. The average molecular weight is 346 g/mol. The lowest BCUT2D eigenvalue weighted by molar-refractivity contribution is -0.136. The zero-order valence-electron chi connectivity index (χ0n) is 15.0. The first-order valence-corrected chi connectivity index (χ1v) is 9.85. The van der Waals surface area contributed by atoms with Crippen molar-refractivity contribution in [3.63, 3.8) is 0 Å². The highest BCUT2D eigenvalue weighted by molar-refractivity contribution is 8.00. The summed E-state index contributed by atoms with van der Waals surface area (Å²) in [6.07, 6.45) is 3.45. The molecule has 2 aromatic rings. The number of para-hydroxylation sites is 2. The van der Waals surface area contributed by atoms with Gasteiger partial charge in [0.2, 0.25) is 5.91 Å². The Morgan fingerprint density at radius 3 is 2.62 bits per heavy atom. The molecule has 0 unspecified atom stereocenters. The van der Waals surface area contributed by atoms with E-state index in [2.05, 4.69) is 36.3 Å². The molecule has 4 nitrogen and oxygen atoms in total. The summed E-state index contributed by atoms with van der Waals surface area (Å²) in [7, 11) is 0. The molecule has 0 saturated carbocycles. The number of aromatic nitrogens is 2. The highest BCUT2D eigenvalue weighted by atomic mass is 32.2. The van der Waals surface area contributed by atoms with Crippen molar-refractivity contribution >= 4 is 28.7 Å². The molecule has 0 spiro atoms. The molecule has 24 heavy (non-hydrogen) atoms. The Bertz CT molecular complexity index is 716. The number of carbonyl (C=O) groups excluding carboxylic acids is 1. The van der Waals surface area contributed by atoms with E-state index >= 15 is 0 Å². The Morgan fingerprint density at radius 1 is 1.29 bits per heavy atom. The zero-order chi connectivity index (χ0) is 17.3. The van der Waals surface area contributed by atoms with Crippen molar-refractivity contribution in [1.82, 2.24) is 14.5 Å². The molecule has 1 saturated heterocycles. The summed E-state index contributed by atoms with van der Waals surface area (Å²) in [6, 6.07) is 8.86. The van der Waals surface area contributed by atoms with Crippen LogP contribution >= 0.6 is 11.8 Å². The summed E-state index contributed by atoms with van der Waals surface area (Å²) in [5.74, 6) is 0.245. The first kappa shape index (κ1) is 17.3. The van der Waals surface area contributed by atoms with Gasteiger partial charge in [-0.2, -0.15) is 0 Å². The number of aryl methyl sites for hydroxylation is 1. The van der Waals surface area contributed by atoms with Gasteiger partial charge in [0.05, 0.1) is 16.3 Å². The maximum Gasteiger partial charge on any atom is 0.236 e. The molecule has 130 valence electrons. The molecule has 5 heteroatoms. The van der Waals surface area contributed by atoms with Crippen LogP contribution in [0.3, 0.4) is 0 Å². The lowest BCUT2D eigenvalue weighted by atomic mass is 9.97. The fraction of sp³-hybridized carbons (Fsp3) is 0.579. The quantitative estimate of drug-likeness (QED) is 0.774. The Balaban J connectivity index is 1.81. The first-order chi connectivity index (χ1) is 11.5. The van der Waals surface area contributed by atoms with Crippen LogP contribution < -0.4 is 0 Å². The number of carbonyl (C=O) groups is 1. The van der Waals surface area contributed by atoms with Crippen LogP contribution in [-0.4, -0.2) is 37.7 Å². The van der Waals surface area contributed by atoms with E-state index in [1.165, 1.54) is 6.42 Å². The molecule has 3 atom stereocenters. The van der Waals surface area contributed by atoms with Gasteiger partial charge in [0.15, 0.2) is 5.16 Å². The Morgan fingerprint density at radius 2 is 1.96 bits per heavy atom. The van der Waals surface area contributed by atoms with Crippen molar-refractivity contribution < 1.29 is 4.79 Å². The highest BCUT2D eigenvalue weighted by Gasteiger charge is 2.32. The van der Waals surface area contributed by atoms with Gasteiger partial charge in [-0.1, -0.05) is 23.9 Å². The molecule has 0 radical (unpaired) electrons. The van der Waals surface area contributed by atoms with Crippen LogP contribution in [-0.2, 0) is 11.3 Å². The number of amides is 1. The number of piperidine rings is 1. The smallest absolute Gasteiger partial charge is 0.236 e. The Labute approximate surface area is 148 Å². The van der Waals surface area contributed by atoms with E-state index in [4.69, 9.17) is 4.98 Å². The van der Waals surface area contributed by atoms with Crippen molar-refractivity contribution in [2.45, 2.75) is 76.0 Å². The van der Waals surface area contributed by atoms with E-state index in [1.807, 2.05) is 25.1 Å². The minimum atomic E-state index is -0.116. The molecule has 1 aliphatic heterocycles. The van der Waals surface area contributed by atoms with Crippen molar-refractivity contribution in [3.05, 3.63) is 24.3 Å². The molecular weight excluding hydrogens is 318 g/mol. The predicted molar refractivity (Wildman–Crippen MR) is 100 cm³/mol. The summed E-state index contributed by atoms with van der Waals surface area (Å²) < 4.78 is 2.20. The van der Waals surface area contributed by atoms with E-state index < -0.39 is 0 Å². The van der Waals surface area contributed by atoms with Crippen LogP contribution in [0.4, 0.5) is 0 Å². The number of thioether (sulfide) groups is 1. The van der Waals surface area contributed by atoms with E-state index in [1.54, 1.807) is 11.8 Å². The second-order valence-corrected chi connectivity index (χ2v) is 8.07. The molecular formula is C19H27N3OS. The zero-order valence-corrected chi connectivity index (χ0v) is 15.8. The molecule has 0 N–H and O–H groups in total. The minimum absolute atomic E-state index is 0.116. The van der Waals surface area contributed by atoms with Crippen molar-refractivity contribution in [2.75, 3.05) is 0 Å². The second kappa shape index (κ2) is 7.18. The number of hydrogen-bond acceptors (Lipinski definition) is 3. The number of imidazole rings is 1. The number of fused-ring (bicyclic) bond motifs is 1. The van der Waals surface area contributed by atoms with Gasteiger partial charge in [0.25, 0.3) is 0 Å². The van der Waals surface area contributed by atoms with Crippen molar-refractivity contribution in [1.29, 1.82) is 0 Å². The molecule has 0 bridgehead atoms. The summed E-state index contributed by atoms with van der Waals surface area (Å²) in [5.41, 5.74) is 2.14. The monoisotopic (exact) mass is 345 g/mol. The normalized spacial score (nSPS) is 22.8. The third-order valence-corrected chi connectivity index (χ3v) is 6.09. The second-order valence-electron chi connectivity index (χ2n) is 6.76. The van der Waals surface area contributed by atoms with E-state index in [0.717, 1.165) is 35.6 Å². The first-order valence-electron chi connectivity index (χ1n) is 8.97. The van der Waals surface area contributed by atoms with Crippen molar-refractivity contribution in [3.8, 4) is 0 Å². The molecule has 1 aliphatic rings. The van der Waals surface area contributed by atoms with Crippen LogP contribution in [0, 0.1) is 0 Å². The molecule has 1 fully saturated rings. The third kappa shape index (κ3) is 3.18. The van der Waals surface area contributed by atoms with Gasteiger partial charge in [0.1, 0.15) is 0 Å². The maximum absolute atomic E-state index is 13.0. The van der Waals surface area contributed by atoms with Gasteiger partial charge in [-0.3, -0.25) is 4.79 Å². The fourth-order valence-corrected chi connectivity index (χ4v) is 4.77. The average Bonchev–Trinajstić information content (AvgIpc) is 2.91. The van der Waals surface area contributed by atoms with Gasteiger partial charge in [-0.15, -0.1) is 0 Å². The summed E-state index contributed by atoms with van der Waals surface area (Å²) in [4.78, 5) is 19.8. The van der Waals surface area contributed by atoms with Gasteiger partial charge >= 0.3 is 0 Å². The number of nitrogens with zero attached hydrogens (tertiary/aromatic N) is 3. The van der Waals surface area contributed by atoms with Crippen LogP contribution in [0.2, 0.25) is 0 Å². The molecule has 1 aromatic carbocycles. The van der Waals surface area contributed by atoms with Crippen LogP contribution in [0.1, 0.15) is 47.0 Å². The van der Waals surface area contributed by atoms with Crippen molar-refractivity contribution in [2.24, 2.45) is 0 Å². The van der Waals surface area contributed by atoms with Crippen LogP contribution in [0.15, 0.2) is 29.4 Å². The van der Waals surface area contributed by atoms with E-state index in [9.17, 15) is 4.79 Å². The molecule has 1 aromatic heterocycles.